The summed E-state index contributed by atoms with van der Waals surface area (Å²) in [6, 6.07) is 5.81. The number of amides is 1. The number of rotatable bonds is 3. The van der Waals surface area contributed by atoms with Gasteiger partial charge in [0.15, 0.2) is 0 Å². The molecule has 3 N–H and O–H groups in total. The van der Waals surface area contributed by atoms with Crippen LogP contribution >= 0.6 is 0 Å². The molecular weight excluding hydrogens is 230 g/mol. The number of nitrogens with one attached hydrogen (secondary N) is 3. The highest BCUT2D eigenvalue weighted by atomic mass is 16.5. The summed E-state index contributed by atoms with van der Waals surface area (Å²) in [5.74, 6) is -0.0276. The second-order valence-electron chi connectivity index (χ2n) is 4.65. The molecule has 2 aliphatic heterocycles. The summed E-state index contributed by atoms with van der Waals surface area (Å²) in [4.78, 5) is 12.0. The zero-order valence-corrected chi connectivity index (χ0v) is 10.2. The maximum absolute atomic E-state index is 12.0. The molecule has 0 aromatic heterocycles. The number of fused-ring (bicyclic) bond motifs is 1. The van der Waals surface area contributed by atoms with E-state index in [0.717, 1.165) is 30.8 Å². The first-order valence-electron chi connectivity index (χ1n) is 6.30. The lowest BCUT2D eigenvalue weighted by Crippen LogP contribution is -2.33. The van der Waals surface area contributed by atoms with Crippen molar-refractivity contribution >= 4 is 11.6 Å². The Morgan fingerprint density at radius 1 is 1.50 bits per heavy atom. The summed E-state index contributed by atoms with van der Waals surface area (Å²) in [5.41, 5.74) is 3.10. The summed E-state index contributed by atoms with van der Waals surface area (Å²) in [5, 5.41) is 9.28. The molecule has 1 aromatic carbocycles. The molecule has 1 aromatic rings. The minimum Gasteiger partial charge on any atom is -0.384 e. The Morgan fingerprint density at radius 2 is 2.44 bits per heavy atom. The molecule has 2 heterocycles. The molecule has 2 aliphatic rings. The molecule has 1 fully saturated rings. The van der Waals surface area contributed by atoms with E-state index < -0.39 is 0 Å². The molecule has 96 valence electrons. The molecular formula is C13H17N3O2. The molecule has 5 heteroatoms. The first-order valence-corrected chi connectivity index (χ1v) is 6.30. The van der Waals surface area contributed by atoms with Crippen LogP contribution in [0.3, 0.4) is 0 Å². The number of carbonyl (C=O) groups excluding carboxylic acids is 1. The van der Waals surface area contributed by atoms with Crippen LogP contribution in [0.1, 0.15) is 15.9 Å². The minimum absolute atomic E-state index is 0.0276. The normalized spacial score (nSPS) is 21.4. The fourth-order valence-electron chi connectivity index (χ4n) is 2.34. The second kappa shape index (κ2) is 4.96. The Hall–Kier alpha value is -1.59. The zero-order valence-electron chi connectivity index (χ0n) is 10.2. The Labute approximate surface area is 106 Å². The van der Waals surface area contributed by atoms with Gasteiger partial charge in [0.25, 0.3) is 5.91 Å². The van der Waals surface area contributed by atoms with Gasteiger partial charge in [-0.2, -0.15) is 0 Å². The third kappa shape index (κ3) is 2.32. The minimum atomic E-state index is -0.0276. The van der Waals surface area contributed by atoms with Crippen molar-refractivity contribution < 1.29 is 9.53 Å². The van der Waals surface area contributed by atoms with Crippen LogP contribution in [-0.2, 0) is 11.2 Å². The molecule has 0 aliphatic carbocycles. The van der Waals surface area contributed by atoms with Gasteiger partial charge in [0.05, 0.1) is 12.8 Å². The molecule has 1 saturated heterocycles. The van der Waals surface area contributed by atoms with E-state index in [0.29, 0.717) is 13.3 Å². The Bertz CT molecular complexity index is 456. The van der Waals surface area contributed by atoms with E-state index in [1.807, 2.05) is 18.2 Å². The van der Waals surface area contributed by atoms with Crippen molar-refractivity contribution in [3.8, 4) is 0 Å². The van der Waals surface area contributed by atoms with Crippen LogP contribution in [-0.4, -0.2) is 38.4 Å². The molecule has 5 nitrogen and oxygen atoms in total. The highest BCUT2D eigenvalue weighted by Gasteiger charge is 2.17. The lowest BCUT2D eigenvalue weighted by Gasteiger charge is -2.10. The predicted octanol–water partition coefficient (Wildman–Crippen LogP) is 0.330. The van der Waals surface area contributed by atoms with Crippen LogP contribution in [0.25, 0.3) is 0 Å². The number of carbonyl (C=O) groups is 1. The van der Waals surface area contributed by atoms with Crippen molar-refractivity contribution in [3.05, 3.63) is 29.3 Å². The second-order valence-corrected chi connectivity index (χ2v) is 4.65. The van der Waals surface area contributed by atoms with Gasteiger partial charge in [0.2, 0.25) is 0 Å². The standard InChI is InChI=1S/C13H17N3O2/c17-13(16-7-11-6-14-8-18-11)10-1-2-12-9(5-10)3-4-15-12/h1-2,5,11,14-15H,3-4,6-8H2,(H,16,17). The SMILES string of the molecule is O=C(NCC1CNCO1)c1ccc2c(c1)CCN2. The third-order valence-electron chi connectivity index (χ3n) is 3.36. The van der Waals surface area contributed by atoms with Gasteiger partial charge in [-0.1, -0.05) is 0 Å². The molecule has 1 unspecified atom stereocenters. The van der Waals surface area contributed by atoms with Gasteiger partial charge < -0.3 is 15.4 Å². The fraction of sp³-hybridized carbons (Fsp3) is 0.462. The quantitative estimate of drug-likeness (QED) is 0.720. The summed E-state index contributed by atoms with van der Waals surface area (Å²) in [6.07, 6.45) is 1.08. The van der Waals surface area contributed by atoms with E-state index in [9.17, 15) is 4.79 Å². The van der Waals surface area contributed by atoms with Crippen LogP contribution in [0.4, 0.5) is 5.69 Å². The number of ether oxygens (including phenoxy) is 1. The highest BCUT2D eigenvalue weighted by molar-refractivity contribution is 5.95. The Kier molecular flexibility index (Phi) is 3.17. The van der Waals surface area contributed by atoms with E-state index in [2.05, 4.69) is 16.0 Å². The maximum Gasteiger partial charge on any atom is 0.251 e. The Balaban J connectivity index is 1.61. The van der Waals surface area contributed by atoms with Crippen LogP contribution in [0.15, 0.2) is 18.2 Å². The first kappa shape index (κ1) is 11.5. The molecule has 1 amide bonds. The summed E-state index contributed by atoms with van der Waals surface area (Å²) < 4.78 is 5.38. The average molecular weight is 247 g/mol. The van der Waals surface area contributed by atoms with E-state index in [1.165, 1.54) is 5.56 Å². The number of hydrogen-bond donors (Lipinski definition) is 3. The number of benzene rings is 1. The van der Waals surface area contributed by atoms with Crippen molar-refractivity contribution in [2.24, 2.45) is 0 Å². The molecule has 0 saturated carbocycles. The average Bonchev–Trinajstić information content (AvgIpc) is 3.05. The molecule has 0 bridgehead atoms. The number of anilines is 1. The van der Waals surface area contributed by atoms with Crippen molar-refractivity contribution in [1.29, 1.82) is 0 Å². The van der Waals surface area contributed by atoms with Gasteiger partial charge in [-0.05, 0) is 30.2 Å². The third-order valence-corrected chi connectivity index (χ3v) is 3.36. The van der Waals surface area contributed by atoms with Crippen LogP contribution in [0.2, 0.25) is 0 Å². The van der Waals surface area contributed by atoms with Crippen LogP contribution in [0, 0.1) is 0 Å². The van der Waals surface area contributed by atoms with Crippen molar-refractivity contribution in [1.82, 2.24) is 10.6 Å². The van der Waals surface area contributed by atoms with Crippen molar-refractivity contribution in [2.75, 3.05) is 31.7 Å². The maximum atomic E-state index is 12.0. The highest BCUT2D eigenvalue weighted by Crippen LogP contribution is 2.22. The largest absolute Gasteiger partial charge is 0.384 e. The summed E-state index contributed by atoms with van der Waals surface area (Å²) in [7, 11) is 0. The predicted molar refractivity (Wildman–Crippen MR) is 68.7 cm³/mol. The summed E-state index contributed by atoms with van der Waals surface area (Å²) >= 11 is 0. The van der Waals surface area contributed by atoms with Crippen molar-refractivity contribution in [3.63, 3.8) is 0 Å². The van der Waals surface area contributed by atoms with Gasteiger partial charge >= 0.3 is 0 Å². The summed E-state index contributed by atoms with van der Waals surface area (Å²) in [6.45, 7) is 2.89. The molecule has 0 spiro atoms. The molecule has 0 radical (unpaired) electrons. The van der Waals surface area contributed by atoms with Crippen molar-refractivity contribution in [2.45, 2.75) is 12.5 Å². The Morgan fingerprint density at radius 3 is 3.28 bits per heavy atom. The van der Waals surface area contributed by atoms with Crippen LogP contribution in [0.5, 0.6) is 0 Å². The van der Waals surface area contributed by atoms with Gasteiger partial charge in [0.1, 0.15) is 0 Å². The fourth-order valence-corrected chi connectivity index (χ4v) is 2.34. The van der Waals surface area contributed by atoms with Gasteiger partial charge in [0, 0.05) is 30.9 Å². The molecule has 18 heavy (non-hydrogen) atoms. The van der Waals surface area contributed by atoms with E-state index >= 15 is 0 Å². The smallest absolute Gasteiger partial charge is 0.251 e. The molecule has 3 rings (SSSR count). The number of hydrogen-bond acceptors (Lipinski definition) is 4. The monoisotopic (exact) mass is 247 g/mol. The zero-order chi connectivity index (χ0) is 12.4. The van der Waals surface area contributed by atoms with E-state index in [4.69, 9.17) is 4.74 Å². The first-order chi connectivity index (χ1) is 8.83. The van der Waals surface area contributed by atoms with Gasteiger partial charge in [-0.15, -0.1) is 0 Å². The molecule has 1 atom stereocenters. The lowest BCUT2D eigenvalue weighted by atomic mass is 10.1. The topological polar surface area (TPSA) is 62.4 Å². The van der Waals surface area contributed by atoms with Crippen LogP contribution < -0.4 is 16.0 Å². The van der Waals surface area contributed by atoms with E-state index in [-0.39, 0.29) is 12.0 Å². The van der Waals surface area contributed by atoms with E-state index in [1.54, 1.807) is 0 Å². The lowest BCUT2D eigenvalue weighted by molar-refractivity contribution is 0.0867. The van der Waals surface area contributed by atoms with Gasteiger partial charge in [-0.3, -0.25) is 10.1 Å². The van der Waals surface area contributed by atoms with Gasteiger partial charge in [-0.25, -0.2) is 0 Å².